The summed E-state index contributed by atoms with van der Waals surface area (Å²) >= 11 is 0. The molecule has 0 radical (unpaired) electrons. The maximum absolute atomic E-state index is 15.4. The number of carbonyl (C=O) groups excluding carboxylic acids is 2. The van der Waals surface area contributed by atoms with Crippen LogP contribution < -0.4 is 10.0 Å². The molecule has 1 aromatic carbocycles. The normalized spacial score (nSPS) is 21.1. The number of pyridine rings is 1. The number of rotatable bonds is 10. The van der Waals surface area contributed by atoms with E-state index < -0.39 is 50.7 Å². The molecular formula is C33H47FN4O5S. The van der Waals surface area contributed by atoms with Crippen LogP contribution in [0.3, 0.4) is 0 Å². The van der Waals surface area contributed by atoms with Crippen molar-refractivity contribution < 1.29 is 28.0 Å². The summed E-state index contributed by atoms with van der Waals surface area (Å²) in [6, 6.07) is 7.47. The molecule has 4 rings (SSSR count). The maximum Gasteiger partial charge on any atom is 0.410 e. The second kappa shape index (κ2) is 13.2. The number of anilines is 1. The van der Waals surface area contributed by atoms with Crippen molar-refractivity contribution in [2.24, 2.45) is 11.8 Å². The van der Waals surface area contributed by atoms with Crippen molar-refractivity contribution >= 4 is 28.7 Å². The number of aryl methyl sites for hydroxylation is 1. The van der Waals surface area contributed by atoms with Gasteiger partial charge in [-0.1, -0.05) is 18.9 Å². The fourth-order valence-electron chi connectivity index (χ4n) is 5.50. The molecule has 1 aromatic heterocycles. The third-order valence-electron chi connectivity index (χ3n) is 8.13. The zero-order chi connectivity index (χ0) is 32.4. The molecule has 2 heterocycles. The van der Waals surface area contributed by atoms with Gasteiger partial charge in [-0.25, -0.2) is 18.1 Å². The Bertz CT molecular complexity index is 1390. The molecule has 1 saturated heterocycles. The van der Waals surface area contributed by atoms with Crippen molar-refractivity contribution in [2.45, 2.75) is 102 Å². The van der Waals surface area contributed by atoms with E-state index in [0.29, 0.717) is 17.9 Å². The molecule has 0 spiro atoms. The Morgan fingerprint density at radius 2 is 1.77 bits per heavy atom. The van der Waals surface area contributed by atoms with Gasteiger partial charge < -0.3 is 15.2 Å². The number of ether oxygens (including phenoxy) is 1. The van der Waals surface area contributed by atoms with Crippen molar-refractivity contribution in [1.82, 2.24) is 14.6 Å². The molecule has 242 valence electrons. The highest BCUT2D eigenvalue weighted by molar-refractivity contribution is 7.84. The van der Waals surface area contributed by atoms with Crippen molar-refractivity contribution in [3.8, 4) is 0 Å². The van der Waals surface area contributed by atoms with Gasteiger partial charge in [0.2, 0.25) is 5.91 Å². The number of amides is 2. The first-order valence-electron chi connectivity index (χ1n) is 15.4. The van der Waals surface area contributed by atoms with Crippen LogP contribution in [0.2, 0.25) is 0 Å². The van der Waals surface area contributed by atoms with E-state index in [0.717, 1.165) is 30.5 Å². The van der Waals surface area contributed by atoms with Crippen molar-refractivity contribution in [3.63, 3.8) is 0 Å². The summed E-state index contributed by atoms with van der Waals surface area (Å²) in [5.74, 6) is -0.947. The van der Waals surface area contributed by atoms with Crippen molar-refractivity contribution in [3.05, 3.63) is 59.2 Å². The van der Waals surface area contributed by atoms with Crippen molar-refractivity contribution in [2.75, 3.05) is 18.5 Å². The molecule has 4 atom stereocenters. The van der Waals surface area contributed by atoms with E-state index >= 15 is 4.39 Å². The lowest BCUT2D eigenvalue weighted by molar-refractivity contribution is -0.120. The molecular weight excluding hydrogens is 583 g/mol. The minimum atomic E-state index is -1.49. The van der Waals surface area contributed by atoms with Crippen molar-refractivity contribution in [1.29, 1.82) is 0 Å². The predicted molar refractivity (Wildman–Crippen MR) is 170 cm³/mol. The lowest BCUT2D eigenvalue weighted by Gasteiger charge is -2.38. The van der Waals surface area contributed by atoms with Crippen LogP contribution >= 0.6 is 0 Å². The third-order valence-corrected chi connectivity index (χ3v) is 9.78. The van der Waals surface area contributed by atoms with Gasteiger partial charge in [0.1, 0.15) is 17.5 Å². The maximum atomic E-state index is 15.4. The summed E-state index contributed by atoms with van der Waals surface area (Å²) in [7, 11) is -1.49. The van der Waals surface area contributed by atoms with E-state index in [1.165, 1.54) is 11.0 Å². The Kier molecular flexibility index (Phi) is 10.2. The number of benzene rings is 1. The average molecular weight is 631 g/mol. The molecule has 2 aromatic rings. The Labute approximate surface area is 262 Å². The Hall–Kier alpha value is -2.89. The highest BCUT2D eigenvalue weighted by Gasteiger charge is 2.43. The minimum absolute atomic E-state index is 0.0472. The van der Waals surface area contributed by atoms with Gasteiger partial charge in [0.25, 0.3) is 0 Å². The van der Waals surface area contributed by atoms with E-state index in [2.05, 4.69) is 15.0 Å². The van der Waals surface area contributed by atoms with Gasteiger partial charge >= 0.3 is 6.09 Å². The van der Waals surface area contributed by atoms with Crippen LogP contribution in [-0.4, -0.2) is 60.7 Å². The Balaban J connectivity index is 1.73. The van der Waals surface area contributed by atoms with Gasteiger partial charge in [-0.05, 0) is 109 Å². The first-order chi connectivity index (χ1) is 20.5. The largest absolute Gasteiger partial charge is 0.444 e. The molecule has 2 amide bonds. The highest BCUT2D eigenvalue weighted by Crippen LogP contribution is 2.43. The molecule has 2 aliphatic rings. The van der Waals surface area contributed by atoms with Crippen LogP contribution in [0.1, 0.15) is 90.5 Å². The number of aliphatic hydroxyl groups is 1. The minimum Gasteiger partial charge on any atom is -0.444 e. The zero-order valence-corrected chi connectivity index (χ0v) is 27.7. The van der Waals surface area contributed by atoms with Crippen LogP contribution in [0.15, 0.2) is 36.5 Å². The van der Waals surface area contributed by atoms with Gasteiger partial charge in [-0.15, -0.1) is 0 Å². The van der Waals surface area contributed by atoms with E-state index in [-0.39, 0.29) is 31.2 Å². The number of hydrogen-bond donors (Lipinski definition) is 3. The van der Waals surface area contributed by atoms with E-state index in [4.69, 9.17) is 4.74 Å². The molecule has 1 aliphatic carbocycles. The number of halogens is 1. The number of aromatic nitrogens is 1. The van der Waals surface area contributed by atoms with Gasteiger partial charge in [0, 0.05) is 31.0 Å². The molecule has 1 saturated carbocycles. The molecule has 3 N–H and O–H groups in total. The summed E-state index contributed by atoms with van der Waals surface area (Å²) in [4.78, 5) is 32.3. The Morgan fingerprint density at radius 3 is 2.36 bits per heavy atom. The van der Waals surface area contributed by atoms with Gasteiger partial charge in [-0.3, -0.25) is 14.7 Å². The molecule has 44 heavy (non-hydrogen) atoms. The summed E-state index contributed by atoms with van der Waals surface area (Å²) in [5.41, 5.74) is 0.518. The van der Waals surface area contributed by atoms with E-state index in [9.17, 15) is 18.9 Å². The standard InChI is InChI=1S/C33H47FN4O5S/c1-21-16-25(13-15-35-21)33(14-12-22-8-9-22,37-44(42)32(5,6)7)24-10-11-26(34)27(18-24)36-29(40)28-17-23(20-39)19-38(28)30(41)43-31(2,3)4/h10-11,13,15-16,18,22-23,28,37,39H,8-9,12,14,17,19-20H2,1-7H3,(H,36,40)/t23-,28-,33?,44+/m1/s1. The number of hydrogen-bond acceptors (Lipinski definition) is 6. The average Bonchev–Trinajstić information content (AvgIpc) is 3.66. The third kappa shape index (κ3) is 8.22. The topological polar surface area (TPSA) is 121 Å². The number of likely N-dealkylation sites (tertiary alicyclic amines) is 1. The lowest BCUT2D eigenvalue weighted by atomic mass is 9.79. The summed E-state index contributed by atoms with van der Waals surface area (Å²) in [6.45, 7) is 12.7. The second-order valence-electron chi connectivity index (χ2n) is 14.2. The molecule has 0 bridgehead atoms. The zero-order valence-electron chi connectivity index (χ0n) is 26.9. The monoisotopic (exact) mass is 630 g/mol. The Morgan fingerprint density at radius 1 is 1.09 bits per heavy atom. The molecule has 1 aliphatic heterocycles. The SMILES string of the molecule is Cc1cc(C(CCC2CC2)(N[S@@](=O)C(C)(C)C)c2ccc(F)c(NC(=O)[C@H]3C[C@@H](CO)CN3C(=O)OC(C)(C)C)c2)ccn1. The lowest BCUT2D eigenvalue weighted by Crippen LogP contribution is -2.49. The predicted octanol–water partition coefficient (Wildman–Crippen LogP) is 5.57. The fraction of sp³-hybridized carbons (Fsp3) is 0.606. The first kappa shape index (κ1) is 34.0. The van der Waals surface area contributed by atoms with Gasteiger partial charge in [0.15, 0.2) is 0 Å². The van der Waals surface area contributed by atoms with Gasteiger partial charge in [-0.2, -0.15) is 0 Å². The second-order valence-corrected chi connectivity index (χ2v) is 16.1. The van der Waals surface area contributed by atoms with Crippen LogP contribution in [0.4, 0.5) is 14.9 Å². The fourth-order valence-corrected chi connectivity index (χ4v) is 6.46. The quantitative estimate of drug-likeness (QED) is 0.316. The number of carbonyl (C=O) groups is 2. The summed E-state index contributed by atoms with van der Waals surface area (Å²) in [5, 5.41) is 12.5. The summed E-state index contributed by atoms with van der Waals surface area (Å²) in [6.07, 6.45) is 5.04. The van der Waals surface area contributed by atoms with Crippen LogP contribution in [0.25, 0.3) is 0 Å². The number of nitrogens with zero attached hydrogens (tertiary/aromatic N) is 2. The number of nitrogens with one attached hydrogen (secondary N) is 2. The van der Waals surface area contributed by atoms with E-state index in [1.54, 1.807) is 39.1 Å². The van der Waals surface area contributed by atoms with Gasteiger partial charge in [0.05, 0.1) is 27.0 Å². The van der Waals surface area contributed by atoms with Crippen LogP contribution in [0, 0.1) is 24.6 Å². The molecule has 1 unspecified atom stereocenters. The smallest absolute Gasteiger partial charge is 0.410 e. The molecule has 11 heteroatoms. The number of aliphatic hydroxyl groups excluding tert-OH is 1. The summed E-state index contributed by atoms with van der Waals surface area (Å²) < 4.78 is 37.5. The highest BCUT2D eigenvalue weighted by atomic mass is 32.2. The van der Waals surface area contributed by atoms with Crippen LogP contribution in [-0.2, 0) is 26.1 Å². The molecule has 2 fully saturated rings. The first-order valence-corrected chi connectivity index (χ1v) is 16.5. The molecule has 9 nitrogen and oxygen atoms in total. The van der Waals surface area contributed by atoms with E-state index in [1.807, 2.05) is 39.8 Å². The van der Waals surface area contributed by atoms with Crippen LogP contribution in [0.5, 0.6) is 0 Å².